The van der Waals surface area contributed by atoms with E-state index >= 15 is 0 Å². The van der Waals surface area contributed by atoms with Gasteiger partial charge in [0.05, 0.1) is 13.1 Å². The molecule has 1 aliphatic heterocycles. The molecule has 1 heterocycles. The largest absolute Gasteiger partial charge is 0.386 e. The van der Waals surface area contributed by atoms with Crippen LogP contribution in [0.5, 0.6) is 0 Å². The molecule has 0 radical (unpaired) electrons. The lowest BCUT2D eigenvalue weighted by atomic mass is 9.88. The quantitative estimate of drug-likeness (QED) is 0.683. The number of alkyl halides is 1. The van der Waals surface area contributed by atoms with Crippen molar-refractivity contribution in [3.05, 3.63) is 0 Å². The summed E-state index contributed by atoms with van der Waals surface area (Å²) in [5, 5.41) is 9.91. The smallest absolute Gasteiger partial charge is 0.223 e. The molecule has 1 saturated heterocycles. The molecule has 2 rings (SSSR count). The van der Waals surface area contributed by atoms with Crippen LogP contribution in [0, 0.1) is 5.92 Å². The highest BCUT2D eigenvalue weighted by Gasteiger charge is 2.52. The summed E-state index contributed by atoms with van der Waals surface area (Å²) >= 11 is 5.46. The summed E-state index contributed by atoms with van der Waals surface area (Å²) in [5.41, 5.74) is -0.554. The first-order valence-corrected chi connectivity index (χ1v) is 5.25. The monoisotopic (exact) mass is 203 g/mol. The third-order valence-electron chi connectivity index (χ3n) is 2.93. The number of rotatable bonds is 3. The van der Waals surface area contributed by atoms with Gasteiger partial charge in [0.1, 0.15) is 5.60 Å². The predicted octanol–water partition coefficient (Wildman–Crippen LogP) is 0.599. The van der Waals surface area contributed by atoms with Crippen molar-refractivity contribution < 1.29 is 9.90 Å². The third-order valence-corrected chi connectivity index (χ3v) is 3.12. The lowest BCUT2D eigenvalue weighted by molar-refractivity contribution is -0.158. The fourth-order valence-electron chi connectivity index (χ4n) is 1.91. The molecule has 13 heavy (non-hydrogen) atoms. The van der Waals surface area contributed by atoms with Gasteiger partial charge in [0.15, 0.2) is 0 Å². The van der Waals surface area contributed by atoms with E-state index in [2.05, 4.69) is 0 Å². The minimum atomic E-state index is -0.554. The molecule has 1 N–H and O–H groups in total. The Bertz CT molecular complexity index is 222. The molecule has 2 fully saturated rings. The third kappa shape index (κ3) is 1.67. The van der Waals surface area contributed by atoms with Gasteiger partial charge in [-0.15, -0.1) is 11.6 Å². The van der Waals surface area contributed by atoms with Crippen molar-refractivity contribution in [1.82, 2.24) is 4.90 Å². The van der Waals surface area contributed by atoms with Crippen LogP contribution in [0.25, 0.3) is 0 Å². The van der Waals surface area contributed by atoms with Crippen LogP contribution in [0.15, 0.2) is 0 Å². The van der Waals surface area contributed by atoms with Crippen LogP contribution in [-0.4, -0.2) is 40.5 Å². The Balaban J connectivity index is 1.79. The van der Waals surface area contributed by atoms with Crippen LogP contribution >= 0.6 is 11.6 Å². The molecular formula is C9H14ClNO2. The fourth-order valence-corrected chi connectivity index (χ4v) is 2.07. The van der Waals surface area contributed by atoms with E-state index in [9.17, 15) is 9.90 Å². The highest BCUT2D eigenvalue weighted by molar-refractivity contribution is 6.18. The van der Waals surface area contributed by atoms with Crippen molar-refractivity contribution in [3.63, 3.8) is 0 Å². The van der Waals surface area contributed by atoms with Crippen LogP contribution in [0.2, 0.25) is 0 Å². The summed E-state index contributed by atoms with van der Waals surface area (Å²) in [6.07, 6.45) is 2.63. The van der Waals surface area contributed by atoms with E-state index in [0.717, 1.165) is 12.8 Å². The van der Waals surface area contributed by atoms with Crippen LogP contribution in [-0.2, 0) is 4.79 Å². The van der Waals surface area contributed by atoms with E-state index in [-0.39, 0.29) is 5.91 Å². The van der Waals surface area contributed by atoms with Gasteiger partial charge >= 0.3 is 0 Å². The number of carbonyl (C=O) groups excluding carboxylic acids is 1. The highest BCUT2D eigenvalue weighted by atomic mass is 35.5. The van der Waals surface area contributed by atoms with Crippen molar-refractivity contribution in [2.45, 2.75) is 24.9 Å². The molecule has 3 nitrogen and oxygen atoms in total. The summed E-state index contributed by atoms with van der Waals surface area (Å²) in [6, 6.07) is 0. The first kappa shape index (κ1) is 9.28. The first-order valence-electron chi connectivity index (χ1n) is 4.72. The maximum atomic E-state index is 11.3. The molecule has 74 valence electrons. The minimum Gasteiger partial charge on any atom is -0.386 e. The molecule has 0 atom stereocenters. The van der Waals surface area contributed by atoms with Gasteiger partial charge in [-0.1, -0.05) is 0 Å². The average molecular weight is 204 g/mol. The Hall–Kier alpha value is -0.280. The zero-order valence-electron chi connectivity index (χ0n) is 7.50. The predicted molar refractivity (Wildman–Crippen MR) is 49.6 cm³/mol. The van der Waals surface area contributed by atoms with E-state index in [1.807, 2.05) is 0 Å². The highest BCUT2D eigenvalue weighted by Crippen LogP contribution is 2.44. The van der Waals surface area contributed by atoms with E-state index in [1.165, 1.54) is 0 Å². The number of hydrogen-bond donors (Lipinski definition) is 1. The van der Waals surface area contributed by atoms with Crippen molar-refractivity contribution >= 4 is 17.5 Å². The second kappa shape index (κ2) is 3.14. The Morgan fingerprint density at radius 3 is 2.62 bits per heavy atom. The van der Waals surface area contributed by atoms with Gasteiger partial charge in [-0.3, -0.25) is 4.79 Å². The molecular weight excluding hydrogens is 190 g/mol. The number of β-amino-alcohol motifs (C(OH)–C–C–N with tert-alkyl or cyclic N) is 1. The number of halogens is 1. The molecule has 0 aromatic carbocycles. The zero-order valence-corrected chi connectivity index (χ0v) is 8.26. The van der Waals surface area contributed by atoms with Gasteiger partial charge in [0.25, 0.3) is 0 Å². The van der Waals surface area contributed by atoms with Crippen molar-refractivity contribution in [2.75, 3.05) is 19.0 Å². The van der Waals surface area contributed by atoms with E-state index in [1.54, 1.807) is 4.90 Å². The van der Waals surface area contributed by atoms with Crippen LogP contribution in [0.4, 0.5) is 0 Å². The molecule has 0 bridgehead atoms. The Morgan fingerprint density at radius 2 is 2.15 bits per heavy atom. The molecule has 2 aliphatic rings. The number of carbonyl (C=O) groups is 1. The molecule has 4 heteroatoms. The summed E-state index contributed by atoms with van der Waals surface area (Å²) in [6.45, 7) is 1.04. The second-order valence-corrected chi connectivity index (χ2v) is 4.44. The van der Waals surface area contributed by atoms with Gasteiger partial charge in [-0.05, 0) is 18.8 Å². The standard InChI is InChI=1S/C9H14ClNO2/c10-4-3-8(12)11-5-9(13,6-11)7-1-2-7/h7,13H,1-6H2. The normalized spacial score (nSPS) is 25.5. The van der Waals surface area contributed by atoms with Crippen molar-refractivity contribution in [2.24, 2.45) is 5.92 Å². The van der Waals surface area contributed by atoms with Gasteiger partial charge in [0.2, 0.25) is 5.91 Å². The summed E-state index contributed by atoms with van der Waals surface area (Å²) in [7, 11) is 0. The molecule has 1 aliphatic carbocycles. The number of nitrogens with zero attached hydrogens (tertiary/aromatic N) is 1. The lowest BCUT2D eigenvalue weighted by Gasteiger charge is -2.47. The van der Waals surface area contributed by atoms with Gasteiger partial charge in [-0.25, -0.2) is 0 Å². The van der Waals surface area contributed by atoms with Crippen molar-refractivity contribution in [1.29, 1.82) is 0 Å². The van der Waals surface area contributed by atoms with Gasteiger partial charge < -0.3 is 10.0 Å². The maximum Gasteiger partial charge on any atom is 0.223 e. The average Bonchev–Trinajstić information content (AvgIpc) is 2.81. The fraction of sp³-hybridized carbons (Fsp3) is 0.889. The Labute approximate surface area is 82.7 Å². The molecule has 0 aromatic heterocycles. The molecule has 0 aromatic rings. The van der Waals surface area contributed by atoms with Gasteiger partial charge in [-0.2, -0.15) is 0 Å². The number of hydrogen-bond acceptors (Lipinski definition) is 2. The van der Waals surface area contributed by atoms with Gasteiger partial charge in [0, 0.05) is 12.3 Å². The van der Waals surface area contributed by atoms with Crippen molar-refractivity contribution in [3.8, 4) is 0 Å². The number of aliphatic hydroxyl groups is 1. The van der Waals surface area contributed by atoms with Crippen LogP contribution in [0.1, 0.15) is 19.3 Å². The molecule has 1 amide bonds. The van der Waals surface area contributed by atoms with Crippen LogP contribution in [0.3, 0.4) is 0 Å². The summed E-state index contributed by atoms with van der Waals surface area (Å²) in [4.78, 5) is 13.0. The second-order valence-electron chi connectivity index (χ2n) is 4.07. The maximum absolute atomic E-state index is 11.3. The minimum absolute atomic E-state index is 0.0697. The molecule has 0 unspecified atom stereocenters. The first-order chi connectivity index (χ1) is 6.15. The zero-order chi connectivity index (χ0) is 9.47. The molecule has 0 spiro atoms. The summed E-state index contributed by atoms with van der Waals surface area (Å²) in [5.74, 6) is 0.893. The number of likely N-dealkylation sites (tertiary alicyclic amines) is 1. The SMILES string of the molecule is O=C(CCCl)N1CC(O)(C2CC2)C1. The lowest BCUT2D eigenvalue weighted by Crippen LogP contribution is -2.64. The Kier molecular flexibility index (Phi) is 2.24. The van der Waals surface area contributed by atoms with E-state index < -0.39 is 5.60 Å². The van der Waals surface area contributed by atoms with E-state index in [4.69, 9.17) is 11.6 Å². The van der Waals surface area contributed by atoms with Crippen LogP contribution < -0.4 is 0 Å². The summed E-state index contributed by atoms with van der Waals surface area (Å²) < 4.78 is 0. The Morgan fingerprint density at radius 1 is 1.54 bits per heavy atom. The molecule has 1 saturated carbocycles. The number of amides is 1. The van der Waals surface area contributed by atoms with E-state index in [0.29, 0.717) is 31.3 Å². The topological polar surface area (TPSA) is 40.5 Å².